The smallest absolute Gasteiger partial charge is 0.288 e. The van der Waals surface area contributed by atoms with Crippen LogP contribution < -0.4 is 4.74 Å². The first-order valence-electron chi connectivity index (χ1n) is 10.8. The van der Waals surface area contributed by atoms with Crippen molar-refractivity contribution >= 4 is 10.9 Å². The third-order valence-corrected chi connectivity index (χ3v) is 6.41. The van der Waals surface area contributed by atoms with Crippen molar-refractivity contribution in [3.63, 3.8) is 0 Å². The van der Waals surface area contributed by atoms with Crippen LogP contribution in [0.25, 0.3) is 10.9 Å². The number of benzene rings is 2. The summed E-state index contributed by atoms with van der Waals surface area (Å²) in [7, 11) is 0. The van der Waals surface area contributed by atoms with Crippen molar-refractivity contribution in [3.05, 3.63) is 65.4 Å². The molecule has 3 aromatic rings. The minimum absolute atomic E-state index is 0.215. The van der Waals surface area contributed by atoms with Crippen molar-refractivity contribution in [1.82, 2.24) is 4.98 Å². The minimum atomic E-state index is -2.63. The molecule has 0 amide bonds. The van der Waals surface area contributed by atoms with Gasteiger partial charge in [0.05, 0.1) is 6.61 Å². The number of ether oxygens (including phenoxy) is 2. The summed E-state index contributed by atoms with van der Waals surface area (Å²) < 4.78 is 10.8. The van der Waals surface area contributed by atoms with E-state index in [0.717, 1.165) is 16.6 Å². The van der Waals surface area contributed by atoms with Gasteiger partial charge in [-0.3, -0.25) is 0 Å². The predicted molar refractivity (Wildman–Crippen MR) is 115 cm³/mol. The number of hydrogen-bond donors (Lipinski definition) is 6. The van der Waals surface area contributed by atoms with Gasteiger partial charge in [-0.05, 0) is 54.0 Å². The average molecular weight is 441 g/mol. The Morgan fingerprint density at radius 2 is 1.81 bits per heavy atom. The highest BCUT2D eigenvalue weighted by Gasteiger charge is 2.57. The van der Waals surface area contributed by atoms with Crippen LogP contribution >= 0.6 is 0 Å². The number of nitrogens with one attached hydrogen (secondary N) is 1. The average Bonchev–Trinajstić information content (AvgIpc) is 3.57. The lowest BCUT2D eigenvalue weighted by molar-refractivity contribution is -0.385. The Kier molecular flexibility index (Phi) is 5.45. The third-order valence-electron chi connectivity index (χ3n) is 6.41. The van der Waals surface area contributed by atoms with Crippen molar-refractivity contribution in [1.29, 1.82) is 0 Å². The van der Waals surface area contributed by atoms with Crippen LogP contribution in [-0.4, -0.2) is 67.5 Å². The van der Waals surface area contributed by atoms with Crippen LogP contribution in [0.2, 0.25) is 0 Å². The molecule has 2 aliphatic rings. The maximum Gasteiger partial charge on any atom is 0.288 e. The third kappa shape index (κ3) is 3.69. The lowest BCUT2D eigenvalue weighted by Gasteiger charge is -2.45. The second-order valence-corrected chi connectivity index (χ2v) is 8.68. The molecule has 5 atom stereocenters. The Bertz CT molecular complexity index is 1090. The predicted octanol–water partition coefficient (Wildman–Crippen LogP) is 1.13. The molecule has 1 saturated heterocycles. The van der Waals surface area contributed by atoms with Crippen LogP contribution in [0, 0.1) is 0 Å². The van der Waals surface area contributed by atoms with E-state index >= 15 is 0 Å². The van der Waals surface area contributed by atoms with Crippen LogP contribution in [0.4, 0.5) is 0 Å². The SMILES string of the molecule is OC[C@H]1OC(O)[C@@](O)(Oc2cccc3[nH]cc(Cc4ccc(C5CC5)cc4)c23)[C@@H](O)[C@@H]1O. The Balaban J connectivity index is 1.45. The summed E-state index contributed by atoms with van der Waals surface area (Å²) >= 11 is 0. The first-order valence-corrected chi connectivity index (χ1v) is 10.8. The van der Waals surface area contributed by atoms with E-state index in [9.17, 15) is 25.5 Å². The molecule has 170 valence electrons. The highest BCUT2D eigenvalue weighted by Crippen LogP contribution is 2.40. The lowest BCUT2D eigenvalue weighted by Crippen LogP contribution is -2.69. The maximum absolute atomic E-state index is 10.9. The fraction of sp³-hybridized carbons (Fsp3) is 0.417. The molecule has 1 aliphatic carbocycles. The van der Waals surface area contributed by atoms with Gasteiger partial charge in [-0.1, -0.05) is 30.3 Å². The van der Waals surface area contributed by atoms with Crippen LogP contribution in [0.15, 0.2) is 48.7 Å². The van der Waals surface area contributed by atoms with E-state index < -0.39 is 37.0 Å². The van der Waals surface area contributed by atoms with Gasteiger partial charge >= 0.3 is 0 Å². The number of fused-ring (bicyclic) bond motifs is 1. The van der Waals surface area contributed by atoms with E-state index in [2.05, 4.69) is 29.2 Å². The Morgan fingerprint density at radius 3 is 2.50 bits per heavy atom. The molecule has 1 unspecified atom stereocenters. The summed E-state index contributed by atoms with van der Waals surface area (Å²) in [5, 5.41) is 51.8. The highest BCUT2D eigenvalue weighted by atomic mass is 16.7. The van der Waals surface area contributed by atoms with Gasteiger partial charge in [-0.25, -0.2) is 0 Å². The molecule has 2 fully saturated rings. The zero-order valence-corrected chi connectivity index (χ0v) is 17.4. The number of rotatable bonds is 6. The molecule has 2 heterocycles. The van der Waals surface area contributed by atoms with Crippen LogP contribution in [0.5, 0.6) is 5.75 Å². The molecular formula is C24H27NO7. The molecule has 5 rings (SSSR count). The van der Waals surface area contributed by atoms with Crippen LogP contribution in [0.3, 0.4) is 0 Å². The second-order valence-electron chi connectivity index (χ2n) is 8.68. The molecule has 1 aliphatic heterocycles. The van der Waals surface area contributed by atoms with Crippen molar-refractivity contribution in [3.8, 4) is 5.75 Å². The lowest BCUT2D eigenvalue weighted by atomic mass is 9.95. The first-order chi connectivity index (χ1) is 15.4. The highest BCUT2D eigenvalue weighted by molar-refractivity contribution is 5.89. The Hall–Kier alpha value is -2.46. The van der Waals surface area contributed by atoms with Gasteiger partial charge in [0, 0.05) is 17.1 Å². The van der Waals surface area contributed by atoms with Gasteiger partial charge in [0.25, 0.3) is 5.79 Å². The van der Waals surface area contributed by atoms with Gasteiger partial charge in [0.1, 0.15) is 18.0 Å². The molecule has 8 heteroatoms. The zero-order chi connectivity index (χ0) is 22.5. The van der Waals surface area contributed by atoms with Crippen LogP contribution in [0.1, 0.15) is 35.4 Å². The minimum Gasteiger partial charge on any atom is -0.454 e. The monoisotopic (exact) mass is 441 g/mol. The first kappa shape index (κ1) is 21.4. The van der Waals surface area contributed by atoms with E-state index in [1.54, 1.807) is 12.1 Å². The topological polar surface area (TPSA) is 135 Å². The van der Waals surface area contributed by atoms with E-state index in [0.29, 0.717) is 17.7 Å². The van der Waals surface area contributed by atoms with E-state index in [1.165, 1.54) is 18.4 Å². The summed E-state index contributed by atoms with van der Waals surface area (Å²) in [4.78, 5) is 3.19. The molecular weight excluding hydrogens is 414 g/mol. The normalized spacial score (nSPS) is 30.5. The zero-order valence-electron chi connectivity index (χ0n) is 17.4. The molecule has 0 radical (unpaired) electrons. The molecule has 8 nitrogen and oxygen atoms in total. The number of aliphatic hydroxyl groups excluding tert-OH is 4. The summed E-state index contributed by atoms with van der Waals surface area (Å²) in [5.74, 6) is -1.72. The van der Waals surface area contributed by atoms with Crippen molar-refractivity contribution < 1.29 is 35.0 Å². The second kappa shape index (κ2) is 8.15. The fourth-order valence-corrected chi connectivity index (χ4v) is 4.36. The van der Waals surface area contributed by atoms with Gasteiger partial charge in [0.15, 0.2) is 6.10 Å². The molecule has 6 N–H and O–H groups in total. The van der Waals surface area contributed by atoms with Crippen molar-refractivity contribution in [2.45, 2.75) is 55.6 Å². The molecule has 0 spiro atoms. The van der Waals surface area contributed by atoms with Gasteiger partial charge in [-0.15, -0.1) is 0 Å². The molecule has 1 aromatic heterocycles. The maximum atomic E-state index is 10.9. The Morgan fingerprint density at radius 1 is 1.06 bits per heavy atom. The van der Waals surface area contributed by atoms with Crippen LogP contribution in [-0.2, 0) is 11.2 Å². The molecule has 32 heavy (non-hydrogen) atoms. The Labute approximate surface area is 184 Å². The number of H-pyrrole nitrogens is 1. The number of aromatic amines is 1. The summed E-state index contributed by atoms with van der Waals surface area (Å²) in [6.45, 7) is -0.636. The molecule has 0 bridgehead atoms. The van der Waals surface area contributed by atoms with Crippen molar-refractivity contribution in [2.75, 3.05) is 6.61 Å². The quantitative estimate of drug-likeness (QED) is 0.316. The van der Waals surface area contributed by atoms with Gasteiger partial charge in [-0.2, -0.15) is 0 Å². The van der Waals surface area contributed by atoms with Gasteiger partial charge < -0.3 is 40.0 Å². The number of aromatic nitrogens is 1. The summed E-state index contributed by atoms with van der Waals surface area (Å²) in [6.07, 6.45) is -1.81. The largest absolute Gasteiger partial charge is 0.454 e. The number of hydrogen-bond acceptors (Lipinski definition) is 7. The number of aliphatic hydroxyl groups is 5. The summed E-state index contributed by atoms with van der Waals surface area (Å²) in [6, 6.07) is 13.7. The van der Waals surface area contributed by atoms with E-state index in [1.807, 2.05) is 12.3 Å². The van der Waals surface area contributed by atoms with E-state index in [-0.39, 0.29) is 5.75 Å². The summed E-state index contributed by atoms with van der Waals surface area (Å²) in [5.41, 5.74) is 4.14. The van der Waals surface area contributed by atoms with Crippen molar-refractivity contribution in [2.24, 2.45) is 0 Å². The molecule has 1 saturated carbocycles. The van der Waals surface area contributed by atoms with E-state index in [4.69, 9.17) is 9.47 Å². The fourth-order valence-electron chi connectivity index (χ4n) is 4.36. The molecule has 2 aromatic carbocycles. The standard InChI is InChI=1S/C24H27NO7/c26-12-19-21(27)22(28)24(30,23(29)31-19)32-18-3-1-2-17-20(18)16(11-25-17)10-13-4-6-14(7-5-13)15-8-9-15/h1-7,11,15,19,21-23,25-30H,8-10,12H2/t19-,21-,22+,23?,24+/m1/s1. The van der Waals surface area contributed by atoms with Gasteiger partial charge in [0.2, 0.25) is 6.29 Å².